The lowest BCUT2D eigenvalue weighted by Gasteiger charge is -2.31. The highest BCUT2D eigenvalue weighted by Gasteiger charge is 2.33. The Balaban J connectivity index is 1.50. The lowest BCUT2D eigenvalue weighted by atomic mass is 9.98. The Hall–Kier alpha value is -3.10. The van der Waals surface area contributed by atoms with E-state index in [4.69, 9.17) is 9.47 Å². The number of fused-ring (bicyclic) bond motifs is 1. The number of ether oxygens (including phenoxy) is 2. The van der Waals surface area contributed by atoms with Gasteiger partial charge in [0.15, 0.2) is 11.5 Å². The Morgan fingerprint density at radius 2 is 1.72 bits per heavy atom. The molecule has 32 heavy (non-hydrogen) atoms. The fourth-order valence-corrected chi connectivity index (χ4v) is 5.57. The van der Waals surface area contributed by atoms with E-state index in [-0.39, 0.29) is 17.3 Å². The van der Waals surface area contributed by atoms with E-state index in [9.17, 15) is 13.2 Å². The molecule has 0 radical (unpaired) electrons. The van der Waals surface area contributed by atoms with Crippen molar-refractivity contribution in [2.24, 2.45) is 5.92 Å². The fourth-order valence-electron chi connectivity index (χ4n) is 4.01. The first-order chi connectivity index (χ1) is 15.4. The zero-order valence-corrected chi connectivity index (χ0v) is 18.9. The number of nitrogens with one attached hydrogen (secondary N) is 1. The van der Waals surface area contributed by atoms with Crippen molar-refractivity contribution in [1.82, 2.24) is 4.31 Å². The molecule has 1 atom stereocenters. The van der Waals surface area contributed by atoms with Gasteiger partial charge in [0.2, 0.25) is 15.9 Å². The average Bonchev–Trinajstić information content (AvgIpc) is 2.83. The monoisotopic (exact) mass is 454 g/mol. The molecular weight excluding hydrogens is 428 g/mol. The molecule has 1 heterocycles. The first kappa shape index (κ1) is 22.1. The Morgan fingerprint density at radius 3 is 2.47 bits per heavy atom. The molecule has 0 unspecified atom stereocenters. The predicted octanol–water partition coefficient (Wildman–Crippen LogP) is 3.90. The molecule has 8 heteroatoms. The van der Waals surface area contributed by atoms with Gasteiger partial charge in [-0.2, -0.15) is 4.31 Å². The molecular formula is C24H26N2O5S. The van der Waals surface area contributed by atoms with Crippen LogP contribution in [-0.4, -0.2) is 45.9 Å². The number of carbonyl (C=O) groups is 1. The van der Waals surface area contributed by atoms with Crippen molar-refractivity contribution in [3.05, 3.63) is 60.7 Å². The number of anilines is 1. The number of rotatable bonds is 6. The fraction of sp³-hybridized carbons (Fsp3) is 0.292. The largest absolute Gasteiger partial charge is 0.493 e. The normalized spacial score (nSPS) is 17.1. The van der Waals surface area contributed by atoms with Crippen LogP contribution in [0.25, 0.3) is 10.8 Å². The number of benzene rings is 3. The maximum Gasteiger partial charge on any atom is 0.243 e. The standard InChI is InChI=1S/C24H26N2O5S/c1-30-22-12-10-20(15-23(22)31-2)25-24(27)19-8-5-13-26(16-19)32(28,29)21-11-9-17-6-3-4-7-18(17)14-21/h3-4,6-7,9-12,14-15,19H,5,8,13,16H2,1-2H3,(H,25,27)/t19-/m0/s1. The third-order valence-corrected chi connectivity index (χ3v) is 7.63. The molecule has 1 amide bonds. The van der Waals surface area contributed by atoms with Crippen LogP contribution in [0.15, 0.2) is 65.6 Å². The summed E-state index contributed by atoms with van der Waals surface area (Å²) in [5.74, 6) is 0.424. The van der Waals surface area contributed by atoms with Crippen molar-refractivity contribution >= 4 is 32.4 Å². The van der Waals surface area contributed by atoms with Crippen LogP contribution in [0.4, 0.5) is 5.69 Å². The van der Waals surface area contributed by atoms with Gasteiger partial charge in [0.1, 0.15) is 0 Å². The van der Waals surface area contributed by atoms with E-state index in [0.717, 1.165) is 10.8 Å². The summed E-state index contributed by atoms with van der Waals surface area (Å²) in [7, 11) is -0.623. The van der Waals surface area contributed by atoms with Crippen molar-refractivity contribution < 1.29 is 22.7 Å². The van der Waals surface area contributed by atoms with Gasteiger partial charge in [-0.05, 0) is 47.9 Å². The number of hydrogen-bond acceptors (Lipinski definition) is 5. The number of piperidine rings is 1. The summed E-state index contributed by atoms with van der Waals surface area (Å²) in [5, 5.41) is 4.73. The summed E-state index contributed by atoms with van der Waals surface area (Å²) >= 11 is 0. The number of carbonyl (C=O) groups excluding carboxylic acids is 1. The third-order valence-electron chi connectivity index (χ3n) is 5.76. The van der Waals surface area contributed by atoms with Crippen LogP contribution in [-0.2, 0) is 14.8 Å². The highest BCUT2D eigenvalue weighted by atomic mass is 32.2. The molecule has 1 aliphatic rings. The van der Waals surface area contributed by atoms with E-state index in [2.05, 4.69) is 5.32 Å². The first-order valence-electron chi connectivity index (χ1n) is 10.4. The van der Waals surface area contributed by atoms with E-state index in [1.165, 1.54) is 11.4 Å². The third kappa shape index (κ3) is 4.42. The van der Waals surface area contributed by atoms with Crippen molar-refractivity contribution in [3.63, 3.8) is 0 Å². The Kier molecular flexibility index (Phi) is 6.34. The second-order valence-corrected chi connectivity index (χ2v) is 9.71. The highest BCUT2D eigenvalue weighted by Crippen LogP contribution is 2.31. The van der Waals surface area contributed by atoms with Crippen LogP contribution in [0, 0.1) is 5.92 Å². The van der Waals surface area contributed by atoms with E-state index in [1.807, 2.05) is 30.3 Å². The van der Waals surface area contributed by atoms with E-state index >= 15 is 0 Å². The van der Waals surface area contributed by atoms with Crippen LogP contribution in [0.2, 0.25) is 0 Å². The lowest BCUT2D eigenvalue weighted by molar-refractivity contribution is -0.120. The highest BCUT2D eigenvalue weighted by molar-refractivity contribution is 7.89. The minimum atomic E-state index is -3.70. The van der Waals surface area contributed by atoms with Crippen molar-refractivity contribution in [1.29, 1.82) is 0 Å². The van der Waals surface area contributed by atoms with Gasteiger partial charge in [0.05, 0.1) is 25.0 Å². The second kappa shape index (κ2) is 9.18. The van der Waals surface area contributed by atoms with E-state index in [0.29, 0.717) is 36.6 Å². The minimum Gasteiger partial charge on any atom is -0.493 e. The zero-order chi connectivity index (χ0) is 22.7. The number of hydrogen-bond donors (Lipinski definition) is 1. The molecule has 4 rings (SSSR count). The molecule has 0 aromatic heterocycles. The van der Waals surface area contributed by atoms with Crippen LogP contribution >= 0.6 is 0 Å². The topological polar surface area (TPSA) is 84.9 Å². The quantitative estimate of drug-likeness (QED) is 0.611. The summed E-state index contributed by atoms with van der Waals surface area (Å²) in [6, 6.07) is 17.9. The molecule has 1 N–H and O–H groups in total. The summed E-state index contributed by atoms with van der Waals surface area (Å²) in [6.45, 7) is 0.545. The van der Waals surface area contributed by atoms with Crippen LogP contribution in [0.5, 0.6) is 11.5 Å². The van der Waals surface area contributed by atoms with Gasteiger partial charge in [-0.1, -0.05) is 30.3 Å². The molecule has 0 bridgehead atoms. The smallest absolute Gasteiger partial charge is 0.243 e. The molecule has 0 spiro atoms. The minimum absolute atomic E-state index is 0.147. The molecule has 0 saturated carbocycles. The van der Waals surface area contributed by atoms with Crippen molar-refractivity contribution in [2.45, 2.75) is 17.7 Å². The van der Waals surface area contributed by atoms with Gasteiger partial charge < -0.3 is 14.8 Å². The van der Waals surface area contributed by atoms with E-state index < -0.39 is 15.9 Å². The molecule has 1 fully saturated rings. The lowest BCUT2D eigenvalue weighted by Crippen LogP contribution is -2.43. The van der Waals surface area contributed by atoms with Crippen molar-refractivity contribution in [2.75, 3.05) is 32.6 Å². The Morgan fingerprint density at radius 1 is 0.969 bits per heavy atom. The van der Waals surface area contributed by atoms with Crippen LogP contribution in [0.3, 0.4) is 0 Å². The van der Waals surface area contributed by atoms with Gasteiger partial charge in [-0.15, -0.1) is 0 Å². The molecule has 168 valence electrons. The van der Waals surface area contributed by atoms with Gasteiger partial charge in [0, 0.05) is 24.8 Å². The van der Waals surface area contributed by atoms with Gasteiger partial charge in [0.25, 0.3) is 0 Å². The Labute approximate surface area is 188 Å². The summed E-state index contributed by atoms with van der Waals surface area (Å²) in [5.41, 5.74) is 0.571. The number of methoxy groups -OCH3 is 2. The van der Waals surface area contributed by atoms with Crippen LogP contribution < -0.4 is 14.8 Å². The van der Waals surface area contributed by atoms with Gasteiger partial charge >= 0.3 is 0 Å². The van der Waals surface area contributed by atoms with Crippen LogP contribution in [0.1, 0.15) is 12.8 Å². The number of amides is 1. The molecule has 7 nitrogen and oxygen atoms in total. The molecule has 3 aromatic rings. The second-order valence-electron chi connectivity index (χ2n) is 7.77. The van der Waals surface area contributed by atoms with E-state index in [1.54, 1.807) is 37.4 Å². The Bertz CT molecular complexity index is 1240. The predicted molar refractivity (Wildman–Crippen MR) is 124 cm³/mol. The maximum atomic E-state index is 13.3. The van der Waals surface area contributed by atoms with Crippen molar-refractivity contribution in [3.8, 4) is 11.5 Å². The molecule has 1 aliphatic heterocycles. The molecule has 3 aromatic carbocycles. The molecule has 0 aliphatic carbocycles. The summed E-state index contributed by atoms with van der Waals surface area (Å²) in [4.78, 5) is 13.1. The van der Waals surface area contributed by atoms with Gasteiger partial charge in [-0.3, -0.25) is 4.79 Å². The molecule has 1 saturated heterocycles. The zero-order valence-electron chi connectivity index (χ0n) is 18.1. The summed E-state index contributed by atoms with van der Waals surface area (Å²) in [6.07, 6.45) is 1.25. The maximum absolute atomic E-state index is 13.3. The number of sulfonamides is 1. The SMILES string of the molecule is COc1ccc(NC(=O)[C@H]2CCCN(S(=O)(=O)c3ccc4ccccc4c3)C2)cc1OC. The first-order valence-corrected chi connectivity index (χ1v) is 11.9. The average molecular weight is 455 g/mol. The summed E-state index contributed by atoms with van der Waals surface area (Å²) < 4.78 is 38.5. The number of nitrogens with zero attached hydrogens (tertiary/aromatic N) is 1. The van der Waals surface area contributed by atoms with Gasteiger partial charge in [-0.25, -0.2) is 8.42 Å².